The molecule has 0 aromatic heterocycles. The van der Waals surface area contributed by atoms with Crippen LogP contribution in [-0.4, -0.2) is 24.5 Å². The van der Waals surface area contributed by atoms with Crippen molar-refractivity contribution in [2.45, 2.75) is 52.4 Å². The van der Waals surface area contributed by atoms with E-state index in [1.807, 2.05) is 0 Å². The van der Waals surface area contributed by atoms with Gasteiger partial charge in [-0.25, -0.2) is 0 Å². The summed E-state index contributed by atoms with van der Waals surface area (Å²) in [6.45, 7) is 13.0. The lowest BCUT2D eigenvalue weighted by Crippen LogP contribution is -2.23. The topological polar surface area (TPSA) is 3.24 Å². The predicted molar refractivity (Wildman–Crippen MR) is 83.7 cm³/mol. The third kappa shape index (κ3) is 4.07. The Labute approximate surface area is 119 Å². The minimum Gasteiger partial charge on any atom is -0.303 e. The first-order chi connectivity index (χ1) is 8.99. The monoisotopic (exact) mass is 259 g/mol. The van der Waals surface area contributed by atoms with Crippen LogP contribution in [0, 0.1) is 5.92 Å². The largest absolute Gasteiger partial charge is 0.303 e. The van der Waals surface area contributed by atoms with E-state index in [4.69, 9.17) is 0 Å². The van der Waals surface area contributed by atoms with Gasteiger partial charge in [-0.05, 0) is 41.8 Å². The first-order valence-corrected chi connectivity index (χ1v) is 7.81. The smallest absolute Gasteiger partial charge is 0.00219 e. The van der Waals surface area contributed by atoms with Gasteiger partial charge in [0.15, 0.2) is 0 Å². The van der Waals surface area contributed by atoms with Crippen LogP contribution in [-0.2, 0) is 11.8 Å². The lowest BCUT2D eigenvalue weighted by molar-refractivity contribution is 0.327. The van der Waals surface area contributed by atoms with E-state index in [0.29, 0.717) is 0 Å². The summed E-state index contributed by atoms with van der Waals surface area (Å²) in [6, 6.07) is 9.15. The number of rotatable bonds is 4. The fraction of sp³-hybridized carbons (Fsp3) is 0.667. The first kappa shape index (κ1) is 14.6. The zero-order valence-corrected chi connectivity index (χ0v) is 13.1. The van der Waals surface area contributed by atoms with Crippen LogP contribution >= 0.6 is 0 Å². The average molecular weight is 259 g/mol. The maximum atomic E-state index is 2.64. The predicted octanol–water partition coefficient (Wildman–Crippen LogP) is 4.26. The van der Waals surface area contributed by atoms with Crippen molar-refractivity contribution in [3.05, 3.63) is 35.4 Å². The molecule has 1 nitrogen and oxygen atoms in total. The van der Waals surface area contributed by atoms with Gasteiger partial charge in [-0.15, -0.1) is 0 Å². The molecule has 1 atom stereocenters. The normalized spacial score (nSPS) is 20.9. The Morgan fingerprint density at radius 1 is 1.26 bits per heavy atom. The summed E-state index contributed by atoms with van der Waals surface area (Å²) in [5, 5.41) is 0. The van der Waals surface area contributed by atoms with Gasteiger partial charge in [0.05, 0.1) is 0 Å². The first-order valence-electron chi connectivity index (χ1n) is 7.81. The summed E-state index contributed by atoms with van der Waals surface area (Å²) in [7, 11) is 0. The Kier molecular flexibility index (Phi) is 4.67. The highest BCUT2D eigenvalue weighted by atomic mass is 15.1. The second-order valence-electron chi connectivity index (χ2n) is 7.06. The molecule has 2 rings (SSSR count). The van der Waals surface area contributed by atoms with Gasteiger partial charge in [0.2, 0.25) is 0 Å². The maximum absolute atomic E-state index is 2.64. The fourth-order valence-electron chi connectivity index (χ4n) is 2.93. The standard InChI is InChI=1S/C18H29N/c1-5-15-9-11-19(14-15)12-10-16-7-6-8-17(13-16)18(2,3)4/h6-8,13,15H,5,9-12,14H2,1-4H3/t15-/m0/s1. The van der Waals surface area contributed by atoms with E-state index in [-0.39, 0.29) is 5.41 Å². The summed E-state index contributed by atoms with van der Waals surface area (Å²) < 4.78 is 0. The molecule has 19 heavy (non-hydrogen) atoms. The molecule has 1 aromatic rings. The highest BCUT2D eigenvalue weighted by Gasteiger charge is 2.20. The Morgan fingerprint density at radius 2 is 2.05 bits per heavy atom. The lowest BCUT2D eigenvalue weighted by Gasteiger charge is -2.20. The molecule has 0 saturated carbocycles. The van der Waals surface area contributed by atoms with Crippen LogP contribution in [0.2, 0.25) is 0 Å². The molecule has 0 N–H and O–H groups in total. The van der Waals surface area contributed by atoms with Gasteiger partial charge in [0, 0.05) is 13.1 Å². The van der Waals surface area contributed by atoms with Crippen molar-refractivity contribution in [3.8, 4) is 0 Å². The maximum Gasteiger partial charge on any atom is 0.00219 e. The molecule has 1 aromatic carbocycles. The Morgan fingerprint density at radius 3 is 2.68 bits per heavy atom. The average Bonchev–Trinajstić information content (AvgIpc) is 2.84. The van der Waals surface area contributed by atoms with Crippen LogP contribution in [0.4, 0.5) is 0 Å². The van der Waals surface area contributed by atoms with Crippen molar-refractivity contribution in [1.82, 2.24) is 4.90 Å². The van der Waals surface area contributed by atoms with Crippen LogP contribution < -0.4 is 0 Å². The molecule has 0 aliphatic carbocycles. The minimum atomic E-state index is 0.261. The molecule has 1 heteroatoms. The van der Waals surface area contributed by atoms with Crippen LogP contribution in [0.25, 0.3) is 0 Å². The zero-order chi connectivity index (χ0) is 13.9. The molecular weight excluding hydrogens is 230 g/mol. The molecule has 1 saturated heterocycles. The Hall–Kier alpha value is -0.820. The molecule has 0 unspecified atom stereocenters. The van der Waals surface area contributed by atoms with Gasteiger partial charge in [0.1, 0.15) is 0 Å². The van der Waals surface area contributed by atoms with Crippen molar-refractivity contribution >= 4 is 0 Å². The zero-order valence-electron chi connectivity index (χ0n) is 13.1. The molecule has 1 fully saturated rings. The molecule has 0 bridgehead atoms. The van der Waals surface area contributed by atoms with Crippen molar-refractivity contribution in [2.75, 3.05) is 19.6 Å². The molecule has 106 valence electrons. The van der Waals surface area contributed by atoms with Crippen LogP contribution in [0.15, 0.2) is 24.3 Å². The number of hydrogen-bond donors (Lipinski definition) is 0. The summed E-state index contributed by atoms with van der Waals surface area (Å²) in [4.78, 5) is 2.64. The van der Waals surface area contributed by atoms with E-state index >= 15 is 0 Å². The number of benzene rings is 1. The van der Waals surface area contributed by atoms with E-state index in [2.05, 4.69) is 56.9 Å². The van der Waals surface area contributed by atoms with Crippen LogP contribution in [0.3, 0.4) is 0 Å². The van der Waals surface area contributed by atoms with Gasteiger partial charge < -0.3 is 4.90 Å². The molecule has 0 radical (unpaired) electrons. The molecule has 1 heterocycles. The second kappa shape index (κ2) is 6.09. The van der Waals surface area contributed by atoms with Crippen LogP contribution in [0.5, 0.6) is 0 Å². The highest BCUT2D eigenvalue weighted by molar-refractivity contribution is 5.28. The molecule has 0 amide bonds. The number of hydrogen-bond acceptors (Lipinski definition) is 1. The third-order valence-electron chi connectivity index (χ3n) is 4.46. The summed E-state index contributed by atoms with van der Waals surface area (Å²) >= 11 is 0. The summed E-state index contributed by atoms with van der Waals surface area (Å²) in [5.74, 6) is 0.945. The van der Waals surface area contributed by atoms with E-state index in [1.54, 1.807) is 0 Å². The highest BCUT2D eigenvalue weighted by Crippen LogP contribution is 2.23. The number of nitrogens with zero attached hydrogens (tertiary/aromatic N) is 1. The van der Waals surface area contributed by atoms with Gasteiger partial charge in [-0.2, -0.15) is 0 Å². The van der Waals surface area contributed by atoms with Crippen molar-refractivity contribution < 1.29 is 0 Å². The molecule has 1 aliphatic rings. The Balaban J connectivity index is 1.90. The Bertz CT molecular complexity index is 402. The van der Waals surface area contributed by atoms with Gasteiger partial charge in [-0.1, -0.05) is 58.4 Å². The minimum absolute atomic E-state index is 0.261. The van der Waals surface area contributed by atoms with Gasteiger partial charge in [-0.3, -0.25) is 0 Å². The lowest BCUT2D eigenvalue weighted by atomic mass is 9.86. The quantitative estimate of drug-likeness (QED) is 0.781. The molecule has 1 aliphatic heterocycles. The van der Waals surface area contributed by atoms with Gasteiger partial charge >= 0.3 is 0 Å². The van der Waals surface area contributed by atoms with Crippen LogP contribution in [0.1, 0.15) is 51.7 Å². The second-order valence-corrected chi connectivity index (χ2v) is 7.06. The molecular formula is C18H29N. The van der Waals surface area contributed by atoms with E-state index < -0.39 is 0 Å². The third-order valence-corrected chi connectivity index (χ3v) is 4.46. The molecule has 0 spiro atoms. The van der Waals surface area contributed by atoms with Crippen molar-refractivity contribution in [1.29, 1.82) is 0 Å². The van der Waals surface area contributed by atoms with Gasteiger partial charge in [0.25, 0.3) is 0 Å². The fourth-order valence-corrected chi connectivity index (χ4v) is 2.93. The number of likely N-dealkylation sites (tertiary alicyclic amines) is 1. The van der Waals surface area contributed by atoms with Crippen molar-refractivity contribution in [2.24, 2.45) is 5.92 Å². The van der Waals surface area contributed by atoms with E-state index in [0.717, 1.165) is 5.92 Å². The van der Waals surface area contributed by atoms with E-state index in [1.165, 1.54) is 50.0 Å². The van der Waals surface area contributed by atoms with Crippen molar-refractivity contribution in [3.63, 3.8) is 0 Å². The summed E-state index contributed by atoms with van der Waals surface area (Å²) in [6.07, 6.45) is 3.94. The summed E-state index contributed by atoms with van der Waals surface area (Å²) in [5.41, 5.74) is 3.21. The SMILES string of the molecule is CC[C@H]1CCN(CCc2cccc(C(C)(C)C)c2)C1. The van der Waals surface area contributed by atoms with E-state index in [9.17, 15) is 0 Å².